The molecule has 0 spiro atoms. The summed E-state index contributed by atoms with van der Waals surface area (Å²) >= 11 is 2.71. The second-order valence-corrected chi connectivity index (χ2v) is 7.67. The molecule has 0 radical (unpaired) electrons. The lowest BCUT2D eigenvalue weighted by Crippen LogP contribution is -2.27. The highest BCUT2D eigenvalue weighted by atomic mass is 32.2. The molecule has 1 amide bonds. The highest BCUT2D eigenvalue weighted by Gasteiger charge is 2.12. The summed E-state index contributed by atoms with van der Waals surface area (Å²) in [6.45, 7) is 3.10. The quantitative estimate of drug-likeness (QED) is 0.366. The van der Waals surface area contributed by atoms with Gasteiger partial charge in [-0.05, 0) is 36.8 Å². The highest BCUT2D eigenvalue weighted by molar-refractivity contribution is 7.99. The van der Waals surface area contributed by atoms with Gasteiger partial charge in [0.25, 0.3) is 5.56 Å². The molecule has 2 heterocycles. The van der Waals surface area contributed by atoms with Crippen LogP contribution in [0.2, 0.25) is 0 Å². The van der Waals surface area contributed by atoms with Crippen molar-refractivity contribution in [2.45, 2.75) is 31.5 Å². The van der Waals surface area contributed by atoms with Crippen LogP contribution in [-0.4, -0.2) is 27.8 Å². The van der Waals surface area contributed by atoms with Crippen molar-refractivity contribution in [3.8, 4) is 0 Å². The first-order chi connectivity index (χ1) is 12.7. The molecule has 3 aromatic rings. The number of rotatable bonds is 8. The molecule has 136 valence electrons. The normalized spacial score (nSPS) is 11.0. The number of benzene rings is 1. The minimum Gasteiger partial charge on any atom is -0.355 e. The third-order valence-corrected chi connectivity index (χ3v) is 5.85. The van der Waals surface area contributed by atoms with Gasteiger partial charge in [-0.3, -0.25) is 14.2 Å². The molecule has 0 saturated carbocycles. The van der Waals surface area contributed by atoms with Gasteiger partial charge in [0.15, 0.2) is 5.16 Å². The van der Waals surface area contributed by atoms with Gasteiger partial charge in [-0.25, -0.2) is 4.98 Å². The van der Waals surface area contributed by atoms with Crippen molar-refractivity contribution >= 4 is 39.2 Å². The lowest BCUT2D eigenvalue weighted by Gasteiger charge is -2.10. The largest absolute Gasteiger partial charge is 0.355 e. The van der Waals surface area contributed by atoms with Crippen LogP contribution in [0.1, 0.15) is 18.9 Å². The van der Waals surface area contributed by atoms with E-state index in [-0.39, 0.29) is 17.2 Å². The fourth-order valence-corrected chi connectivity index (χ4v) is 4.33. The van der Waals surface area contributed by atoms with E-state index in [9.17, 15) is 9.59 Å². The number of thiophene rings is 1. The summed E-state index contributed by atoms with van der Waals surface area (Å²) in [5.74, 6) is 0.221. The van der Waals surface area contributed by atoms with Crippen LogP contribution in [0.25, 0.3) is 10.2 Å². The number of fused-ring (bicyclic) bond motifs is 1. The molecule has 3 rings (SSSR count). The summed E-state index contributed by atoms with van der Waals surface area (Å²) in [7, 11) is 0. The highest BCUT2D eigenvalue weighted by Crippen LogP contribution is 2.20. The Hall–Kier alpha value is -2.12. The van der Waals surface area contributed by atoms with Gasteiger partial charge in [0.2, 0.25) is 5.91 Å². The average molecular weight is 388 g/mol. The van der Waals surface area contributed by atoms with E-state index in [2.05, 4.69) is 22.4 Å². The van der Waals surface area contributed by atoms with Crippen LogP contribution in [0.15, 0.2) is 51.7 Å². The van der Waals surface area contributed by atoms with Crippen LogP contribution in [0.5, 0.6) is 0 Å². The molecule has 0 aliphatic carbocycles. The predicted molar refractivity (Wildman–Crippen MR) is 108 cm³/mol. The number of aromatic nitrogens is 2. The van der Waals surface area contributed by atoms with Gasteiger partial charge in [0.05, 0.1) is 11.3 Å². The Morgan fingerprint density at radius 1 is 1.27 bits per heavy atom. The number of carbonyl (C=O) groups is 1. The summed E-state index contributed by atoms with van der Waals surface area (Å²) in [5.41, 5.74) is 1.95. The minimum atomic E-state index is -0.0367. The second-order valence-electron chi connectivity index (χ2n) is 5.81. The molecule has 26 heavy (non-hydrogen) atoms. The molecule has 7 heteroatoms. The third kappa shape index (κ3) is 4.53. The topological polar surface area (TPSA) is 64.0 Å². The van der Waals surface area contributed by atoms with E-state index in [1.54, 1.807) is 4.57 Å². The molecule has 0 fully saturated rings. The number of hydrogen-bond acceptors (Lipinski definition) is 5. The Morgan fingerprint density at radius 2 is 2.08 bits per heavy atom. The maximum absolute atomic E-state index is 12.5. The molecular weight excluding hydrogens is 366 g/mol. The fraction of sp³-hybridized carbons (Fsp3) is 0.316. The van der Waals surface area contributed by atoms with E-state index >= 15 is 0 Å². The molecule has 0 atom stereocenters. The van der Waals surface area contributed by atoms with E-state index in [4.69, 9.17) is 0 Å². The standard InChI is InChI=1S/C19H21N3O2S2/c1-2-22-18(24)17-15(10-12-25-17)21-19(22)26-13-16(23)20-11-6-9-14-7-4-3-5-8-14/h3-5,7-8,10,12H,2,6,9,11,13H2,1H3,(H,20,23). The molecule has 0 bridgehead atoms. The van der Waals surface area contributed by atoms with Crippen LogP contribution < -0.4 is 10.9 Å². The zero-order valence-electron chi connectivity index (χ0n) is 14.6. The number of amides is 1. The van der Waals surface area contributed by atoms with Gasteiger partial charge in [-0.15, -0.1) is 11.3 Å². The number of thioether (sulfide) groups is 1. The van der Waals surface area contributed by atoms with E-state index in [1.165, 1.54) is 28.7 Å². The molecule has 1 N–H and O–H groups in total. The van der Waals surface area contributed by atoms with Gasteiger partial charge >= 0.3 is 0 Å². The number of hydrogen-bond donors (Lipinski definition) is 1. The molecule has 2 aromatic heterocycles. The van der Waals surface area contributed by atoms with Crippen molar-refractivity contribution in [3.05, 3.63) is 57.7 Å². The Bertz CT molecular complexity index is 935. The average Bonchev–Trinajstić information content (AvgIpc) is 3.13. The van der Waals surface area contributed by atoms with Crippen LogP contribution in [-0.2, 0) is 17.8 Å². The maximum Gasteiger partial charge on any atom is 0.272 e. The predicted octanol–water partition coefficient (Wildman–Crippen LogP) is 3.32. The van der Waals surface area contributed by atoms with E-state index in [1.807, 2.05) is 36.6 Å². The minimum absolute atomic E-state index is 0.0294. The second kappa shape index (κ2) is 9.00. The summed E-state index contributed by atoms with van der Waals surface area (Å²) in [4.78, 5) is 29.1. The van der Waals surface area contributed by atoms with Crippen LogP contribution >= 0.6 is 23.1 Å². The van der Waals surface area contributed by atoms with Crippen molar-refractivity contribution < 1.29 is 4.79 Å². The SMILES string of the molecule is CCn1c(SCC(=O)NCCCc2ccccc2)nc2ccsc2c1=O. The number of carbonyl (C=O) groups excluding carboxylic acids is 1. The van der Waals surface area contributed by atoms with E-state index in [0.29, 0.717) is 28.5 Å². The van der Waals surface area contributed by atoms with E-state index < -0.39 is 0 Å². The van der Waals surface area contributed by atoms with Gasteiger partial charge in [0, 0.05) is 13.1 Å². The number of nitrogens with zero attached hydrogens (tertiary/aromatic N) is 2. The first-order valence-corrected chi connectivity index (χ1v) is 10.5. The van der Waals surface area contributed by atoms with Crippen LogP contribution in [0.4, 0.5) is 0 Å². The third-order valence-electron chi connectivity index (χ3n) is 3.99. The molecule has 1 aromatic carbocycles. The lowest BCUT2D eigenvalue weighted by atomic mass is 10.1. The Kier molecular flexibility index (Phi) is 6.46. The lowest BCUT2D eigenvalue weighted by molar-refractivity contribution is -0.118. The summed E-state index contributed by atoms with van der Waals surface area (Å²) in [6, 6.07) is 12.1. The Morgan fingerprint density at radius 3 is 2.85 bits per heavy atom. The zero-order chi connectivity index (χ0) is 18.4. The summed E-state index contributed by atoms with van der Waals surface area (Å²) < 4.78 is 2.30. The van der Waals surface area contributed by atoms with Crippen molar-refractivity contribution in [1.82, 2.24) is 14.9 Å². The first-order valence-electron chi connectivity index (χ1n) is 8.60. The summed E-state index contributed by atoms with van der Waals surface area (Å²) in [6.07, 6.45) is 1.85. The number of nitrogens with one attached hydrogen (secondary N) is 1. The van der Waals surface area contributed by atoms with E-state index in [0.717, 1.165) is 12.8 Å². The van der Waals surface area contributed by atoms with Crippen molar-refractivity contribution in [2.75, 3.05) is 12.3 Å². The molecule has 0 unspecified atom stereocenters. The molecule has 0 aliphatic heterocycles. The van der Waals surface area contributed by atoms with Crippen molar-refractivity contribution in [3.63, 3.8) is 0 Å². The van der Waals surface area contributed by atoms with Crippen LogP contribution in [0, 0.1) is 0 Å². The van der Waals surface area contributed by atoms with Crippen LogP contribution in [0.3, 0.4) is 0 Å². The van der Waals surface area contributed by atoms with Gasteiger partial charge in [-0.2, -0.15) is 0 Å². The van der Waals surface area contributed by atoms with Crippen molar-refractivity contribution in [2.24, 2.45) is 0 Å². The van der Waals surface area contributed by atoms with Gasteiger partial charge in [0.1, 0.15) is 4.70 Å². The monoisotopic (exact) mass is 387 g/mol. The van der Waals surface area contributed by atoms with Gasteiger partial charge < -0.3 is 5.32 Å². The summed E-state index contributed by atoms with van der Waals surface area (Å²) in [5, 5.41) is 5.40. The molecular formula is C19H21N3O2S2. The Labute approximate surface area is 160 Å². The first kappa shape index (κ1) is 18.7. The van der Waals surface area contributed by atoms with Crippen molar-refractivity contribution in [1.29, 1.82) is 0 Å². The molecule has 0 aliphatic rings. The number of aryl methyl sites for hydroxylation is 1. The zero-order valence-corrected chi connectivity index (χ0v) is 16.2. The maximum atomic E-state index is 12.5. The smallest absolute Gasteiger partial charge is 0.272 e. The molecule has 5 nitrogen and oxygen atoms in total. The van der Waals surface area contributed by atoms with Gasteiger partial charge in [-0.1, -0.05) is 42.1 Å². The molecule has 0 saturated heterocycles. The fourth-order valence-electron chi connectivity index (χ4n) is 2.66. The Balaban J connectivity index is 1.51.